The lowest BCUT2D eigenvalue weighted by Gasteiger charge is -2.04. The summed E-state index contributed by atoms with van der Waals surface area (Å²) in [7, 11) is 0. The molecule has 0 spiro atoms. The summed E-state index contributed by atoms with van der Waals surface area (Å²) in [4.78, 5) is 20.8. The predicted molar refractivity (Wildman–Crippen MR) is 65.6 cm³/mol. The molecule has 0 fully saturated rings. The van der Waals surface area contributed by atoms with Crippen LogP contribution < -0.4 is 0 Å². The van der Waals surface area contributed by atoms with E-state index in [4.69, 9.17) is 4.42 Å². The van der Waals surface area contributed by atoms with Gasteiger partial charge in [0.1, 0.15) is 5.76 Å². The number of aldehydes is 1. The van der Waals surface area contributed by atoms with Crippen molar-refractivity contribution < 1.29 is 14.1 Å². The summed E-state index contributed by atoms with van der Waals surface area (Å²) < 4.78 is 5.32. The van der Waals surface area contributed by atoms with Crippen LogP contribution in [0.25, 0.3) is 11.3 Å². The Labute approximate surface area is 103 Å². The van der Waals surface area contributed by atoms with Crippen LogP contribution in [-0.4, -0.2) is 11.2 Å². The molecule has 92 valence electrons. The summed E-state index contributed by atoms with van der Waals surface area (Å²) in [6.45, 7) is 1.91. The SMILES string of the molecule is CCc1cc([N+](=O)[O-])ccc1-c1ccc(C=O)o1. The third kappa shape index (κ3) is 2.15. The molecule has 1 heterocycles. The minimum absolute atomic E-state index is 0.0535. The van der Waals surface area contributed by atoms with Gasteiger partial charge in [0.25, 0.3) is 5.69 Å². The quantitative estimate of drug-likeness (QED) is 0.471. The van der Waals surface area contributed by atoms with E-state index in [-0.39, 0.29) is 11.4 Å². The molecule has 0 aliphatic heterocycles. The highest BCUT2D eigenvalue weighted by molar-refractivity contribution is 5.73. The van der Waals surface area contributed by atoms with Crippen LogP contribution in [-0.2, 0) is 6.42 Å². The van der Waals surface area contributed by atoms with Crippen molar-refractivity contribution in [1.82, 2.24) is 0 Å². The number of rotatable bonds is 4. The molecule has 0 bridgehead atoms. The van der Waals surface area contributed by atoms with Crippen molar-refractivity contribution in [3.05, 3.63) is 51.8 Å². The number of furan rings is 1. The predicted octanol–water partition coefficient (Wildman–Crippen LogP) is 3.23. The molecular weight excluding hydrogens is 234 g/mol. The van der Waals surface area contributed by atoms with Crippen LogP contribution in [0.3, 0.4) is 0 Å². The highest BCUT2D eigenvalue weighted by Gasteiger charge is 2.13. The number of aryl methyl sites for hydroxylation is 1. The number of carbonyl (C=O) groups is 1. The number of carbonyl (C=O) groups excluding carboxylic acids is 1. The first-order chi connectivity index (χ1) is 8.65. The zero-order chi connectivity index (χ0) is 13.1. The summed E-state index contributed by atoms with van der Waals surface area (Å²) in [5, 5.41) is 10.7. The topological polar surface area (TPSA) is 73.3 Å². The molecule has 18 heavy (non-hydrogen) atoms. The Bertz CT molecular complexity index is 601. The van der Waals surface area contributed by atoms with Crippen LogP contribution in [0.15, 0.2) is 34.7 Å². The van der Waals surface area contributed by atoms with Crippen LogP contribution >= 0.6 is 0 Å². The van der Waals surface area contributed by atoms with Crippen molar-refractivity contribution >= 4 is 12.0 Å². The largest absolute Gasteiger partial charge is 0.453 e. The van der Waals surface area contributed by atoms with E-state index in [1.54, 1.807) is 18.2 Å². The third-order valence-corrected chi connectivity index (χ3v) is 2.69. The van der Waals surface area contributed by atoms with E-state index in [2.05, 4.69) is 0 Å². The monoisotopic (exact) mass is 245 g/mol. The number of benzene rings is 1. The zero-order valence-electron chi connectivity index (χ0n) is 9.75. The van der Waals surface area contributed by atoms with Crippen molar-refractivity contribution in [2.24, 2.45) is 0 Å². The van der Waals surface area contributed by atoms with Gasteiger partial charge in [0.15, 0.2) is 12.0 Å². The lowest BCUT2D eigenvalue weighted by atomic mass is 10.0. The Kier molecular flexibility index (Phi) is 3.23. The summed E-state index contributed by atoms with van der Waals surface area (Å²) in [5.74, 6) is 0.786. The van der Waals surface area contributed by atoms with E-state index >= 15 is 0 Å². The Balaban J connectivity index is 2.50. The minimum Gasteiger partial charge on any atom is -0.453 e. The van der Waals surface area contributed by atoms with Crippen molar-refractivity contribution in [2.45, 2.75) is 13.3 Å². The number of hydrogen-bond donors (Lipinski definition) is 0. The second-order valence-corrected chi connectivity index (χ2v) is 3.77. The zero-order valence-corrected chi connectivity index (χ0v) is 9.75. The van der Waals surface area contributed by atoms with Crippen LogP contribution in [0.4, 0.5) is 5.69 Å². The Hall–Kier alpha value is -2.43. The standard InChI is InChI=1S/C13H11NO4/c1-2-9-7-10(14(16)17)3-5-12(9)13-6-4-11(8-15)18-13/h3-8H,2H2,1H3. The molecule has 2 aromatic rings. The van der Waals surface area contributed by atoms with E-state index < -0.39 is 4.92 Å². The van der Waals surface area contributed by atoms with Gasteiger partial charge in [0.05, 0.1) is 4.92 Å². The van der Waals surface area contributed by atoms with Crippen molar-refractivity contribution in [2.75, 3.05) is 0 Å². The molecule has 0 aliphatic carbocycles. The van der Waals surface area contributed by atoms with Gasteiger partial charge in [-0.15, -0.1) is 0 Å². The maximum Gasteiger partial charge on any atom is 0.269 e. The first-order valence-electron chi connectivity index (χ1n) is 5.48. The molecule has 0 unspecified atom stereocenters. The lowest BCUT2D eigenvalue weighted by molar-refractivity contribution is -0.384. The number of nitro benzene ring substituents is 1. The van der Waals surface area contributed by atoms with Gasteiger partial charge < -0.3 is 4.42 Å². The third-order valence-electron chi connectivity index (χ3n) is 2.69. The fourth-order valence-electron chi connectivity index (χ4n) is 1.79. The first-order valence-corrected chi connectivity index (χ1v) is 5.48. The average Bonchev–Trinajstić information content (AvgIpc) is 2.86. The summed E-state index contributed by atoms with van der Waals surface area (Å²) in [5.41, 5.74) is 1.64. The maximum absolute atomic E-state index is 10.7. The molecule has 0 N–H and O–H groups in total. The van der Waals surface area contributed by atoms with E-state index in [0.29, 0.717) is 18.5 Å². The van der Waals surface area contributed by atoms with Gasteiger partial charge in [-0.3, -0.25) is 14.9 Å². The minimum atomic E-state index is -0.429. The lowest BCUT2D eigenvalue weighted by Crippen LogP contribution is -1.92. The van der Waals surface area contributed by atoms with Gasteiger partial charge in [-0.1, -0.05) is 6.92 Å². The maximum atomic E-state index is 10.7. The summed E-state index contributed by atoms with van der Waals surface area (Å²) in [6.07, 6.45) is 1.27. The summed E-state index contributed by atoms with van der Waals surface area (Å²) in [6, 6.07) is 7.85. The van der Waals surface area contributed by atoms with Gasteiger partial charge in [-0.05, 0) is 30.2 Å². The smallest absolute Gasteiger partial charge is 0.269 e. The Morgan fingerprint density at radius 2 is 2.11 bits per heavy atom. The molecule has 5 heteroatoms. The van der Waals surface area contributed by atoms with E-state index in [1.807, 2.05) is 6.92 Å². The molecule has 1 aromatic heterocycles. The fraction of sp³-hybridized carbons (Fsp3) is 0.154. The van der Waals surface area contributed by atoms with Crippen molar-refractivity contribution in [3.63, 3.8) is 0 Å². The number of non-ortho nitro benzene ring substituents is 1. The van der Waals surface area contributed by atoms with Gasteiger partial charge in [0.2, 0.25) is 0 Å². The summed E-state index contributed by atoms with van der Waals surface area (Å²) >= 11 is 0. The molecule has 0 radical (unpaired) electrons. The first kappa shape index (κ1) is 12.0. The molecular formula is C13H11NO4. The second kappa shape index (κ2) is 4.83. The van der Waals surface area contributed by atoms with Gasteiger partial charge in [-0.25, -0.2) is 0 Å². The Morgan fingerprint density at radius 3 is 2.67 bits per heavy atom. The van der Waals surface area contributed by atoms with Crippen molar-refractivity contribution in [1.29, 1.82) is 0 Å². The highest BCUT2D eigenvalue weighted by Crippen LogP contribution is 2.29. The molecule has 5 nitrogen and oxygen atoms in total. The van der Waals surface area contributed by atoms with Gasteiger partial charge in [-0.2, -0.15) is 0 Å². The number of hydrogen-bond acceptors (Lipinski definition) is 4. The van der Waals surface area contributed by atoms with Crippen LogP contribution in [0.5, 0.6) is 0 Å². The molecule has 0 atom stereocenters. The van der Waals surface area contributed by atoms with E-state index in [1.165, 1.54) is 12.1 Å². The normalized spacial score (nSPS) is 10.3. The Morgan fingerprint density at radius 1 is 1.33 bits per heavy atom. The molecule has 0 saturated heterocycles. The average molecular weight is 245 g/mol. The molecule has 1 aromatic carbocycles. The number of nitro groups is 1. The molecule has 2 rings (SSSR count). The van der Waals surface area contributed by atoms with E-state index in [9.17, 15) is 14.9 Å². The van der Waals surface area contributed by atoms with E-state index in [0.717, 1.165) is 11.1 Å². The van der Waals surface area contributed by atoms with Crippen LogP contribution in [0.1, 0.15) is 23.0 Å². The highest BCUT2D eigenvalue weighted by atomic mass is 16.6. The van der Waals surface area contributed by atoms with Gasteiger partial charge >= 0.3 is 0 Å². The molecule has 0 aliphatic rings. The fourth-order valence-corrected chi connectivity index (χ4v) is 1.79. The molecule has 0 amide bonds. The molecule has 0 saturated carbocycles. The number of nitrogens with zero attached hydrogens (tertiary/aromatic N) is 1. The van der Waals surface area contributed by atoms with Gasteiger partial charge in [0, 0.05) is 17.7 Å². The van der Waals surface area contributed by atoms with Crippen LogP contribution in [0.2, 0.25) is 0 Å². The van der Waals surface area contributed by atoms with Crippen molar-refractivity contribution in [3.8, 4) is 11.3 Å². The van der Waals surface area contributed by atoms with Crippen LogP contribution in [0, 0.1) is 10.1 Å². The second-order valence-electron chi connectivity index (χ2n) is 3.77.